The number of carbonyl (C=O) groups excluding carboxylic acids is 1. The van der Waals surface area contributed by atoms with Gasteiger partial charge in [0.1, 0.15) is 5.82 Å². The highest BCUT2D eigenvalue weighted by molar-refractivity contribution is 5.89. The molecule has 0 saturated heterocycles. The summed E-state index contributed by atoms with van der Waals surface area (Å²) >= 11 is 0. The summed E-state index contributed by atoms with van der Waals surface area (Å²) in [6.45, 7) is 5.31. The number of halogens is 3. The van der Waals surface area contributed by atoms with Crippen LogP contribution in [-0.4, -0.2) is 23.1 Å². The molecule has 1 saturated carbocycles. The summed E-state index contributed by atoms with van der Waals surface area (Å²) in [5.41, 5.74) is -1.11. The van der Waals surface area contributed by atoms with Crippen LogP contribution in [0.4, 0.5) is 23.7 Å². The van der Waals surface area contributed by atoms with Crippen LogP contribution in [0.25, 0.3) is 0 Å². The molecule has 2 amide bonds. The first-order valence-corrected chi connectivity index (χ1v) is 7.49. The number of aliphatic carboxylic acids is 1. The van der Waals surface area contributed by atoms with Gasteiger partial charge in [0.15, 0.2) is 11.6 Å². The van der Waals surface area contributed by atoms with Crippen LogP contribution in [0.15, 0.2) is 12.1 Å². The molecule has 0 heterocycles. The van der Waals surface area contributed by atoms with Crippen molar-refractivity contribution in [3.8, 4) is 0 Å². The highest BCUT2D eigenvalue weighted by Gasteiger charge is 2.53. The highest BCUT2D eigenvalue weighted by Crippen LogP contribution is 2.52. The van der Waals surface area contributed by atoms with Gasteiger partial charge in [-0.1, -0.05) is 13.8 Å². The van der Waals surface area contributed by atoms with E-state index in [1.165, 1.54) is 0 Å². The zero-order valence-electron chi connectivity index (χ0n) is 13.5. The molecule has 1 aromatic rings. The molecule has 2 rings (SSSR count). The number of benzene rings is 1. The summed E-state index contributed by atoms with van der Waals surface area (Å²) in [5, 5.41) is 13.7. The first-order valence-electron chi connectivity index (χ1n) is 7.49. The van der Waals surface area contributed by atoms with Crippen LogP contribution in [0.2, 0.25) is 0 Å². The standard InChI is InChI=1S/C16H19F3N2O3/c1-7(9-6-10(14(22)23)16(9,2)3)20-15(24)21-12-5-8(17)4-11(18)13(12)19/h4-5,7,9-10H,6H2,1-3H3,(H,22,23)(H2,20,21,24)/t7?,9-,10+/m0/s1. The summed E-state index contributed by atoms with van der Waals surface area (Å²) in [6, 6.07) is -0.154. The number of nitrogens with one attached hydrogen (secondary N) is 2. The number of carboxylic acids is 1. The van der Waals surface area contributed by atoms with E-state index in [2.05, 4.69) is 10.6 Å². The van der Waals surface area contributed by atoms with Crippen LogP contribution in [0.3, 0.4) is 0 Å². The molecule has 5 nitrogen and oxygen atoms in total. The van der Waals surface area contributed by atoms with Crippen LogP contribution in [-0.2, 0) is 4.79 Å². The van der Waals surface area contributed by atoms with Crippen LogP contribution < -0.4 is 10.6 Å². The summed E-state index contributed by atoms with van der Waals surface area (Å²) in [7, 11) is 0. The van der Waals surface area contributed by atoms with E-state index >= 15 is 0 Å². The predicted molar refractivity (Wildman–Crippen MR) is 80.9 cm³/mol. The van der Waals surface area contributed by atoms with E-state index in [1.54, 1.807) is 20.8 Å². The molecular weight excluding hydrogens is 325 g/mol. The van der Waals surface area contributed by atoms with Crippen LogP contribution in [0.5, 0.6) is 0 Å². The second-order valence-electron chi connectivity index (χ2n) is 6.69. The number of hydrogen-bond donors (Lipinski definition) is 3. The second kappa shape index (κ2) is 6.33. The van der Waals surface area contributed by atoms with E-state index in [0.29, 0.717) is 18.6 Å². The van der Waals surface area contributed by atoms with Gasteiger partial charge in [-0.25, -0.2) is 18.0 Å². The van der Waals surface area contributed by atoms with Crippen molar-refractivity contribution in [1.29, 1.82) is 0 Å². The van der Waals surface area contributed by atoms with Gasteiger partial charge >= 0.3 is 12.0 Å². The monoisotopic (exact) mass is 344 g/mol. The fourth-order valence-corrected chi connectivity index (χ4v) is 3.34. The number of carbonyl (C=O) groups is 2. The maximum atomic E-state index is 13.5. The lowest BCUT2D eigenvalue weighted by molar-refractivity contribution is -0.160. The molecule has 0 spiro atoms. The first-order chi connectivity index (χ1) is 11.0. The minimum atomic E-state index is -1.40. The van der Waals surface area contributed by atoms with E-state index in [1.807, 2.05) is 0 Å². The predicted octanol–water partition coefficient (Wildman–Crippen LogP) is 3.36. The van der Waals surface area contributed by atoms with Crippen LogP contribution >= 0.6 is 0 Å². The third kappa shape index (κ3) is 3.32. The minimum absolute atomic E-state index is 0.0848. The third-order valence-electron chi connectivity index (χ3n) is 4.85. The Morgan fingerprint density at radius 1 is 1.29 bits per heavy atom. The van der Waals surface area contributed by atoms with Gasteiger partial charge in [-0.15, -0.1) is 0 Å². The first kappa shape index (κ1) is 18.1. The van der Waals surface area contributed by atoms with Gasteiger partial charge in [-0.2, -0.15) is 0 Å². The fraction of sp³-hybridized carbons (Fsp3) is 0.500. The Labute approximate surface area is 137 Å². The maximum absolute atomic E-state index is 13.5. The lowest BCUT2D eigenvalue weighted by Gasteiger charge is -2.52. The van der Waals surface area contributed by atoms with Crippen molar-refractivity contribution < 1.29 is 27.9 Å². The molecule has 132 valence electrons. The number of rotatable bonds is 4. The van der Waals surface area contributed by atoms with Crippen molar-refractivity contribution in [2.45, 2.75) is 33.2 Å². The summed E-state index contributed by atoms with van der Waals surface area (Å²) < 4.78 is 39.8. The van der Waals surface area contributed by atoms with Gasteiger partial charge in [0.2, 0.25) is 0 Å². The zero-order valence-corrected chi connectivity index (χ0v) is 13.5. The lowest BCUT2D eigenvalue weighted by atomic mass is 9.53. The average molecular weight is 344 g/mol. The van der Waals surface area contributed by atoms with Gasteiger partial charge < -0.3 is 15.7 Å². The Morgan fingerprint density at radius 3 is 2.46 bits per heavy atom. The van der Waals surface area contributed by atoms with E-state index < -0.39 is 52.5 Å². The van der Waals surface area contributed by atoms with Crippen molar-refractivity contribution in [2.24, 2.45) is 17.3 Å². The fourth-order valence-electron chi connectivity index (χ4n) is 3.34. The number of urea groups is 1. The number of hydrogen-bond acceptors (Lipinski definition) is 2. The second-order valence-corrected chi connectivity index (χ2v) is 6.69. The molecule has 1 unspecified atom stereocenters. The van der Waals surface area contributed by atoms with E-state index in [-0.39, 0.29) is 5.92 Å². The number of amides is 2. The SMILES string of the molecule is CC(NC(=O)Nc1cc(F)cc(F)c1F)[C@@H]1C[C@H](C(=O)O)C1(C)C. The van der Waals surface area contributed by atoms with Crippen molar-refractivity contribution in [3.63, 3.8) is 0 Å². The molecule has 1 aliphatic carbocycles. The Balaban J connectivity index is 2.00. The third-order valence-corrected chi connectivity index (χ3v) is 4.85. The van der Waals surface area contributed by atoms with E-state index in [9.17, 15) is 22.8 Å². The Bertz CT molecular complexity index is 679. The van der Waals surface area contributed by atoms with E-state index in [4.69, 9.17) is 5.11 Å². The topological polar surface area (TPSA) is 78.4 Å². The van der Waals surface area contributed by atoms with Crippen molar-refractivity contribution in [2.75, 3.05) is 5.32 Å². The summed E-state index contributed by atoms with van der Waals surface area (Å²) in [6.07, 6.45) is 0.409. The minimum Gasteiger partial charge on any atom is -0.481 e. The van der Waals surface area contributed by atoms with Gasteiger partial charge in [-0.05, 0) is 24.7 Å². The Hall–Kier alpha value is -2.25. The van der Waals surface area contributed by atoms with Crippen molar-refractivity contribution in [1.82, 2.24) is 5.32 Å². The summed E-state index contributed by atoms with van der Waals surface area (Å²) in [5.74, 6) is -5.23. The molecule has 3 atom stereocenters. The molecule has 0 radical (unpaired) electrons. The molecule has 1 aliphatic rings. The molecule has 1 fully saturated rings. The van der Waals surface area contributed by atoms with Gasteiger partial charge in [-0.3, -0.25) is 4.79 Å². The smallest absolute Gasteiger partial charge is 0.319 e. The molecule has 3 N–H and O–H groups in total. The maximum Gasteiger partial charge on any atom is 0.319 e. The molecule has 0 bridgehead atoms. The van der Waals surface area contributed by atoms with E-state index in [0.717, 1.165) is 0 Å². The molecular formula is C16H19F3N2O3. The van der Waals surface area contributed by atoms with Crippen molar-refractivity contribution in [3.05, 3.63) is 29.6 Å². The molecule has 24 heavy (non-hydrogen) atoms. The van der Waals surface area contributed by atoms with Crippen LogP contribution in [0, 0.1) is 34.7 Å². The van der Waals surface area contributed by atoms with Gasteiger partial charge in [0.05, 0.1) is 11.6 Å². The van der Waals surface area contributed by atoms with Crippen molar-refractivity contribution >= 4 is 17.7 Å². The molecule has 1 aromatic carbocycles. The quantitative estimate of drug-likeness (QED) is 0.733. The van der Waals surface area contributed by atoms with Crippen LogP contribution in [0.1, 0.15) is 27.2 Å². The molecule has 0 aliphatic heterocycles. The number of anilines is 1. The number of carboxylic acid groups (broad SMARTS) is 1. The van der Waals surface area contributed by atoms with Gasteiger partial charge in [0.25, 0.3) is 0 Å². The Morgan fingerprint density at radius 2 is 1.92 bits per heavy atom. The Kier molecular flexibility index (Phi) is 4.77. The lowest BCUT2D eigenvalue weighted by Crippen LogP contribution is -2.57. The normalized spacial score (nSPS) is 23.1. The van der Waals surface area contributed by atoms with Gasteiger partial charge in [0, 0.05) is 18.2 Å². The zero-order chi connectivity index (χ0) is 18.2. The molecule has 8 heteroatoms. The highest BCUT2D eigenvalue weighted by atomic mass is 19.2. The molecule has 0 aromatic heterocycles. The summed E-state index contributed by atoms with van der Waals surface area (Å²) in [4.78, 5) is 23.0. The average Bonchev–Trinajstić information content (AvgIpc) is 2.42. The largest absolute Gasteiger partial charge is 0.481 e.